The number of ketones is 1. The van der Waals surface area contributed by atoms with Crippen molar-refractivity contribution in [1.82, 2.24) is 9.80 Å². The van der Waals surface area contributed by atoms with E-state index >= 15 is 0 Å². The molecule has 1 atom stereocenters. The van der Waals surface area contributed by atoms with Crippen LogP contribution in [0.4, 0.5) is 0 Å². The number of amides is 1. The van der Waals surface area contributed by atoms with Gasteiger partial charge in [0, 0.05) is 31.7 Å². The van der Waals surface area contributed by atoms with Crippen molar-refractivity contribution in [3.8, 4) is 11.5 Å². The molecule has 2 aromatic carbocycles. The Morgan fingerprint density at radius 2 is 1.72 bits per heavy atom. The van der Waals surface area contributed by atoms with E-state index in [1.165, 1.54) is 0 Å². The highest BCUT2D eigenvalue weighted by molar-refractivity contribution is 6.46. The Balaban J connectivity index is 1.67. The highest BCUT2D eigenvalue weighted by Crippen LogP contribution is 2.40. The molecule has 2 saturated heterocycles. The summed E-state index contributed by atoms with van der Waals surface area (Å²) in [5.41, 5.74) is 2.03. The number of hydrogen-bond acceptors (Lipinski definition) is 7. The molecule has 2 heterocycles. The number of ether oxygens (including phenoxy) is 3. The van der Waals surface area contributed by atoms with Crippen LogP contribution in [-0.2, 0) is 14.3 Å². The Bertz CT molecular complexity index is 1230. The molecule has 0 aromatic heterocycles. The molecule has 2 aliphatic rings. The quantitative estimate of drug-likeness (QED) is 0.189. The number of aliphatic hydroxyl groups is 1. The van der Waals surface area contributed by atoms with E-state index in [1.54, 1.807) is 47.4 Å². The average molecular weight is 533 g/mol. The number of rotatable bonds is 12. The molecular weight excluding hydrogens is 496 g/mol. The number of nitrogens with zero attached hydrogens (tertiary/aromatic N) is 2. The molecule has 206 valence electrons. The van der Waals surface area contributed by atoms with Crippen molar-refractivity contribution in [2.45, 2.75) is 19.4 Å². The van der Waals surface area contributed by atoms with Crippen molar-refractivity contribution in [2.75, 3.05) is 52.6 Å². The van der Waals surface area contributed by atoms with Gasteiger partial charge >= 0.3 is 0 Å². The minimum Gasteiger partial charge on any atom is -0.507 e. The highest BCUT2D eigenvalue weighted by Gasteiger charge is 2.45. The number of aryl methyl sites for hydroxylation is 1. The summed E-state index contributed by atoms with van der Waals surface area (Å²) in [6.07, 6.45) is 4.01. The molecule has 2 fully saturated rings. The first-order chi connectivity index (χ1) is 18.9. The van der Waals surface area contributed by atoms with Gasteiger partial charge in [0.15, 0.2) is 0 Å². The van der Waals surface area contributed by atoms with Crippen LogP contribution in [0.1, 0.15) is 29.2 Å². The molecule has 8 nitrogen and oxygen atoms in total. The van der Waals surface area contributed by atoms with Crippen LogP contribution >= 0.6 is 0 Å². The van der Waals surface area contributed by atoms with Gasteiger partial charge in [-0.15, -0.1) is 0 Å². The second-order valence-electron chi connectivity index (χ2n) is 9.55. The number of likely N-dealkylation sites (tertiary alicyclic amines) is 1. The third-order valence-electron chi connectivity index (χ3n) is 6.89. The maximum Gasteiger partial charge on any atom is 0.295 e. The fourth-order valence-corrected chi connectivity index (χ4v) is 4.91. The summed E-state index contributed by atoms with van der Waals surface area (Å²) >= 11 is 0. The summed E-state index contributed by atoms with van der Waals surface area (Å²) in [6, 6.07) is 11.7. The monoisotopic (exact) mass is 532 g/mol. The number of carbonyl (C=O) groups is 2. The molecule has 2 aromatic rings. The SMILES string of the molecule is C=CCOc1ccc([C@@H]2C(=C(O)c3ccc(OCC=C)c(C)c3)C(=O)C(=O)N2CCCN2CCOCC2)cc1. The van der Waals surface area contributed by atoms with Gasteiger partial charge in [-0.1, -0.05) is 37.4 Å². The first kappa shape index (κ1) is 28.1. The van der Waals surface area contributed by atoms with Crippen molar-refractivity contribution < 1.29 is 28.9 Å². The van der Waals surface area contributed by atoms with E-state index < -0.39 is 17.7 Å². The molecule has 0 radical (unpaired) electrons. The van der Waals surface area contributed by atoms with Crippen LogP contribution in [0.25, 0.3) is 5.76 Å². The summed E-state index contributed by atoms with van der Waals surface area (Å²) in [6.45, 7) is 14.2. The molecule has 39 heavy (non-hydrogen) atoms. The average Bonchev–Trinajstić information content (AvgIpc) is 3.21. The van der Waals surface area contributed by atoms with Crippen molar-refractivity contribution >= 4 is 17.4 Å². The normalized spacial score (nSPS) is 19.2. The van der Waals surface area contributed by atoms with Gasteiger partial charge in [-0.05, 0) is 54.8 Å². The molecule has 0 spiro atoms. The minimum absolute atomic E-state index is 0.0743. The predicted molar refractivity (Wildman–Crippen MR) is 150 cm³/mol. The van der Waals surface area contributed by atoms with Gasteiger partial charge in [-0.3, -0.25) is 14.5 Å². The molecule has 0 saturated carbocycles. The van der Waals surface area contributed by atoms with E-state index in [2.05, 4.69) is 18.1 Å². The number of hydrogen-bond donors (Lipinski definition) is 1. The molecule has 4 rings (SSSR count). The van der Waals surface area contributed by atoms with Crippen LogP contribution in [0.5, 0.6) is 11.5 Å². The Kier molecular flexibility index (Phi) is 9.57. The lowest BCUT2D eigenvalue weighted by atomic mass is 9.94. The molecule has 0 aliphatic carbocycles. The number of Topliss-reactive ketones (excluding diaryl/α,β-unsaturated/α-hetero) is 1. The van der Waals surface area contributed by atoms with Crippen LogP contribution in [0.15, 0.2) is 73.3 Å². The van der Waals surface area contributed by atoms with E-state index in [0.717, 1.165) is 30.8 Å². The lowest BCUT2D eigenvalue weighted by Crippen LogP contribution is -2.38. The van der Waals surface area contributed by atoms with Crippen LogP contribution < -0.4 is 9.47 Å². The topological polar surface area (TPSA) is 88.5 Å². The zero-order valence-electron chi connectivity index (χ0n) is 22.4. The van der Waals surface area contributed by atoms with Crippen molar-refractivity contribution in [1.29, 1.82) is 0 Å². The molecule has 8 heteroatoms. The minimum atomic E-state index is -0.722. The smallest absolute Gasteiger partial charge is 0.295 e. The summed E-state index contributed by atoms with van der Waals surface area (Å²) < 4.78 is 16.7. The zero-order chi connectivity index (χ0) is 27.8. The summed E-state index contributed by atoms with van der Waals surface area (Å²) in [4.78, 5) is 30.5. The van der Waals surface area contributed by atoms with Gasteiger partial charge in [-0.25, -0.2) is 0 Å². The Hall–Kier alpha value is -3.88. The third-order valence-corrected chi connectivity index (χ3v) is 6.89. The van der Waals surface area contributed by atoms with Crippen molar-refractivity contribution in [3.63, 3.8) is 0 Å². The van der Waals surface area contributed by atoms with Gasteiger partial charge in [0.1, 0.15) is 30.5 Å². The van der Waals surface area contributed by atoms with E-state index in [0.29, 0.717) is 56.5 Å². The molecular formula is C31H36N2O6. The van der Waals surface area contributed by atoms with Crippen molar-refractivity contribution in [2.24, 2.45) is 0 Å². The molecule has 0 unspecified atom stereocenters. The fourth-order valence-electron chi connectivity index (χ4n) is 4.91. The number of carbonyl (C=O) groups excluding carboxylic acids is 2. The Morgan fingerprint density at radius 1 is 1.03 bits per heavy atom. The predicted octanol–water partition coefficient (Wildman–Crippen LogP) is 4.27. The maximum absolute atomic E-state index is 13.4. The zero-order valence-corrected chi connectivity index (χ0v) is 22.4. The van der Waals surface area contributed by atoms with Gasteiger partial charge in [0.05, 0.1) is 24.8 Å². The standard InChI is InChI=1S/C31H36N2O6/c1-4-17-38-25-10-7-23(8-11-25)28-27(29(34)24-9-12-26(22(3)21-24)39-18-5-2)30(35)31(36)33(28)14-6-13-32-15-19-37-20-16-32/h4-5,7-12,21,28,34H,1-2,6,13-20H2,3H3/t28-/m1/s1. The lowest BCUT2D eigenvalue weighted by Gasteiger charge is -2.29. The van der Waals surface area contributed by atoms with Gasteiger partial charge in [0.25, 0.3) is 11.7 Å². The maximum atomic E-state index is 13.4. The molecule has 2 aliphatic heterocycles. The summed E-state index contributed by atoms with van der Waals surface area (Å²) in [5.74, 6) is -0.214. The van der Waals surface area contributed by atoms with Gasteiger partial charge < -0.3 is 24.2 Å². The highest BCUT2D eigenvalue weighted by atomic mass is 16.5. The second-order valence-corrected chi connectivity index (χ2v) is 9.55. The van der Waals surface area contributed by atoms with Crippen LogP contribution in [0, 0.1) is 6.92 Å². The van der Waals surface area contributed by atoms with Gasteiger partial charge in [0.2, 0.25) is 0 Å². The fraction of sp³-hybridized carbons (Fsp3) is 0.355. The largest absolute Gasteiger partial charge is 0.507 e. The van der Waals surface area contributed by atoms with E-state index in [4.69, 9.17) is 14.2 Å². The van der Waals surface area contributed by atoms with Crippen LogP contribution in [0.2, 0.25) is 0 Å². The van der Waals surface area contributed by atoms with E-state index in [-0.39, 0.29) is 11.3 Å². The number of aliphatic hydroxyl groups excluding tert-OH is 1. The summed E-state index contributed by atoms with van der Waals surface area (Å²) in [7, 11) is 0. The Morgan fingerprint density at radius 3 is 2.38 bits per heavy atom. The number of benzene rings is 2. The lowest BCUT2D eigenvalue weighted by molar-refractivity contribution is -0.140. The second kappa shape index (κ2) is 13.3. The first-order valence-corrected chi connectivity index (χ1v) is 13.2. The van der Waals surface area contributed by atoms with Gasteiger partial charge in [-0.2, -0.15) is 0 Å². The summed E-state index contributed by atoms with van der Waals surface area (Å²) in [5, 5.41) is 11.4. The molecule has 1 N–H and O–H groups in total. The van der Waals surface area contributed by atoms with Crippen molar-refractivity contribution in [3.05, 3.63) is 90.0 Å². The molecule has 1 amide bonds. The molecule has 0 bridgehead atoms. The van der Waals surface area contributed by atoms with Crippen LogP contribution in [-0.4, -0.2) is 79.2 Å². The Labute approximate surface area is 229 Å². The first-order valence-electron chi connectivity index (χ1n) is 13.2. The third kappa shape index (κ3) is 6.58. The van der Waals surface area contributed by atoms with Crippen LogP contribution in [0.3, 0.4) is 0 Å². The van der Waals surface area contributed by atoms with E-state index in [1.807, 2.05) is 19.1 Å². The number of morpholine rings is 1. The van der Waals surface area contributed by atoms with E-state index in [9.17, 15) is 14.7 Å².